The molecule has 1 aromatic carbocycles. The lowest BCUT2D eigenvalue weighted by Gasteiger charge is -2.09. The van der Waals surface area contributed by atoms with Crippen molar-refractivity contribution in [2.75, 3.05) is 11.9 Å². The maximum Gasteiger partial charge on any atom is 0.338 e. The summed E-state index contributed by atoms with van der Waals surface area (Å²) in [4.78, 5) is 45.6. The number of rotatable bonds is 5. The summed E-state index contributed by atoms with van der Waals surface area (Å²) < 4.78 is 4.85. The highest BCUT2D eigenvalue weighted by Gasteiger charge is 2.31. The lowest BCUT2D eigenvalue weighted by atomic mass is 10.2. The summed E-state index contributed by atoms with van der Waals surface area (Å²) in [5.41, 5.74) is 0.852. The smallest absolute Gasteiger partial charge is 0.338 e. The van der Waals surface area contributed by atoms with E-state index in [1.807, 2.05) is 5.32 Å². The van der Waals surface area contributed by atoms with E-state index in [0.717, 1.165) is 0 Å². The molecule has 0 unspecified atom stereocenters. The van der Waals surface area contributed by atoms with Gasteiger partial charge in [0.25, 0.3) is 5.91 Å². The van der Waals surface area contributed by atoms with E-state index in [2.05, 4.69) is 10.6 Å². The maximum absolute atomic E-state index is 11.8. The first-order valence-corrected chi connectivity index (χ1v) is 6.68. The minimum atomic E-state index is -0.869. The molecule has 1 saturated heterocycles. The number of amides is 4. The van der Waals surface area contributed by atoms with Gasteiger partial charge < -0.3 is 15.4 Å². The van der Waals surface area contributed by atoms with E-state index in [1.54, 1.807) is 19.1 Å². The number of hydrogen-bond acceptors (Lipinski definition) is 5. The van der Waals surface area contributed by atoms with E-state index < -0.39 is 29.9 Å². The molecule has 0 bridgehead atoms. The maximum atomic E-state index is 11.8. The van der Waals surface area contributed by atoms with Crippen molar-refractivity contribution in [3.63, 3.8) is 0 Å². The first kappa shape index (κ1) is 15.5. The monoisotopic (exact) mass is 305 g/mol. The number of ether oxygens (including phenoxy) is 1. The molecule has 1 heterocycles. The van der Waals surface area contributed by atoms with Gasteiger partial charge in [0.15, 0.2) is 0 Å². The average molecular weight is 305 g/mol. The summed E-state index contributed by atoms with van der Waals surface area (Å²) in [6.07, 6.45) is -0.169. The van der Waals surface area contributed by atoms with Gasteiger partial charge in [-0.05, 0) is 31.2 Å². The Morgan fingerprint density at radius 1 is 1.23 bits per heavy atom. The fraction of sp³-hybridized carbons (Fsp3) is 0.286. The number of carbonyl (C=O) groups is 4. The summed E-state index contributed by atoms with van der Waals surface area (Å²) in [7, 11) is 0. The van der Waals surface area contributed by atoms with Gasteiger partial charge in [-0.2, -0.15) is 0 Å². The third kappa shape index (κ3) is 3.81. The normalized spacial score (nSPS) is 16.7. The third-order valence-electron chi connectivity index (χ3n) is 2.93. The highest BCUT2D eigenvalue weighted by molar-refractivity contribution is 6.06. The van der Waals surface area contributed by atoms with Crippen LogP contribution in [0.15, 0.2) is 24.3 Å². The van der Waals surface area contributed by atoms with Crippen molar-refractivity contribution in [1.82, 2.24) is 10.6 Å². The van der Waals surface area contributed by atoms with Gasteiger partial charge in [0.05, 0.1) is 18.6 Å². The number of urea groups is 1. The number of hydrogen-bond donors (Lipinski definition) is 3. The first-order valence-electron chi connectivity index (χ1n) is 6.68. The fourth-order valence-electron chi connectivity index (χ4n) is 1.90. The Morgan fingerprint density at radius 3 is 2.45 bits per heavy atom. The summed E-state index contributed by atoms with van der Waals surface area (Å²) in [6.45, 7) is 2.00. The Balaban J connectivity index is 1.90. The summed E-state index contributed by atoms with van der Waals surface area (Å²) in [5.74, 6) is -1.39. The van der Waals surface area contributed by atoms with E-state index in [4.69, 9.17) is 4.74 Å². The van der Waals surface area contributed by atoms with Gasteiger partial charge in [0.2, 0.25) is 5.91 Å². The molecule has 2 rings (SSSR count). The van der Waals surface area contributed by atoms with Crippen molar-refractivity contribution in [3.05, 3.63) is 29.8 Å². The minimum Gasteiger partial charge on any atom is -0.462 e. The zero-order valence-electron chi connectivity index (χ0n) is 11.8. The number of benzene rings is 1. The lowest BCUT2D eigenvalue weighted by Crippen LogP contribution is -2.33. The van der Waals surface area contributed by atoms with Gasteiger partial charge in [-0.3, -0.25) is 14.9 Å². The van der Waals surface area contributed by atoms with Crippen molar-refractivity contribution >= 4 is 29.5 Å². The number of esters is 1. The molecule has 0 saturated carbocycles. The van der Waals surface area contributed by atoms with Crippen LogP contribution < -0.4 is 16.0 Å². The van der Waals surface area contributed by atoms with Gasteiger partial charge >= 0.3 is 12.0 Å². The van der Waals surface area contributed by atoms with Crippen LogP contribution in [0.25, 0.3) is 0 Å². The van der Waals surface area contributed by atoms with Crippen molar-refractivity contribution in [2.24, 2.45) is 0 Å². The molecule has 0 spiro atoms. The molecule has 1 fully saturated rings. The summed E-state index contributed by atoms with van der Waals surface area (Å²) in [6, 6.07) is 4.68. The molecule has 1 aromatic rings. The molecule has 3 N–H and O–H groups in total. The quantitative estimate of drug-likeness (QED) is 0.538. The Hall–Kier alpha value is -2.90. The van der Waals surface area contributed by atoms with Crippen LogP contribution in [0.3, 0.4) is 0 Å². The Labute approximate surface area is 126 Å². The van der Waals surface area contributed by atoms with Gasteiger partial charge in [-0.25, -0.2) is 9.59 Å². The molecule has 22 heavy (non-hydrogen) atoms. The van der Waals surface area contributed by atoms with Crippen LogP contribution in [0.2, 0.25) is 0 Å². The number of carbonyl (C=O) groups excluding carboxylic acids is 4. The third-order valence-corrected chi connectivity index (χ3v) is 2.93. The molecule has 0 aliphatic carbocycles. The van der Waals surface area contributed by atoms with Crippen LogP contribution in [-0.4, -0.2) is 36.5 Å². The molecule has 8 nitrogen and oxygen atoms in total. The molecule has 1 atom stereocenters. The highest BCUT2D eigenvalue weighted by atomic mass is 16.5. The molecule has 1 aliphatic rings. The topological polar surface area (TPSA) is 114 Å². The molecule has 4 amide bonds. The predicted octanol–water partition coefficient (Wildman–Crippen LogP) is 0.400. The zero-order chi connectivity index (χ0) is 16.1. The number of nitrogens with one attached hydrogen (secondary N) is 3. The molecule has 8 heteroatoms. The van der Waals surface area contributed by atoms with Crippen LogP contribution >= 0.6 is 0 Å². The first-order chi connectivity index (χ1) is 10.5. The molecule has 116 valence electrons. The van der Waals surface area contributed by atoms with E-state index in [9.17, 15) is 19.2 Å². The van der Waals surface area contributed by atoms with Crippen molar-refractivity contribution in [2.45, 2.75) is 19.4 Å². The largest absolute Gasteiger partial charge is 0.462 e. The van der Waals surface area contributed by atoms with Crippen LogP contribution in [0, 0.1) is 0 Å². The minimum absolute atomic E-state index is 0.169. The second-order valence-electron chi connectivity index (χ2n) is 4.57. The fourth-order valence-corrected chi connectivity index (χ4v) is 1.90. The van der Waals surface area contributed by atoms with Crippen LogP contribution in [-0.2, 0) is 14.3 Å². The van der Waals surface area contributed by atoms with Gasteiger partial charge in [-0.1, -0.05) is 0 Å². The van der Waals surface area contributed by atoms with Crippen molar-refractivity contribution in [1.29, 1.82) is 0 Å². The van der Waals surface area contributed by atoms with Crippen molar-refractivity contribution < 1.29 is 23.9 Å². The van der Waals surface area contributed by atoms with E-state index >= 15 is 0 Å². The van der Waals surface area contributed by atoms with Gasteiger partial charge in [0.1, 0.15) is 6.04 Å². The molecular weight excluding hydrogens is 290 g/mol. The number of anilines is 1. The second kappa shape index (κ2) is 6.70. The Morgan fingerprint density at radius 2 is 1.91 bits per heavy atom. The Bertz CT molecular complexity index is 611. The standard InChI is InChI=1S/C14H15N3O5/c1-2-22-13(20)8-3-5-9(6-4-8)15-11(18)7-10-12(19)17-14(21)16-10/h3-6,10H,2,7H2,1H3,(H,15,18)(H2,16,17,19,21)/t10-/m1/s1. The zero-order valence-corrected chi connectivity index (χ0v) is 11.8. The van der Waals surface area contributed by atoms with Gasteiger partial charge in [-0.15, -0.1) is 0 Å². The van der Waals surface area contributed by atoms with E-state index in [1.165, 1.54) is 12.1 Å². The van der Waals surface area contributed by atoms with E-state index in [-0.39, 0.29) is 13.0 Å². The molecule has 0 aromatic heterocycles. The van der Waals surface area contributed by atoms with E-state index in [0.29, 0.717) is 11.3 Å². The highest BCUT2D eigenvalue weighted by Crippen LogP contribution is 2.11. The van der Waals surface area contributed by atoms with Crippen molar-refractivity contribution in [3.8, 4) is 0 Å². The summed E-state index contributed by atoms with van der Waals surface area (Å²) >= 11 is 0. The predicted molar refractivity (Wildman–Crippen MR) is 76.1 cm³/mol. The van der Waals surface area contributed by atoms with Gasteiger partial charge in [0, 0.05) is 5.69 Å². The SMILES string of the molecule is CCOC(=O)c1ccc(NC(=O)C[C@H]2NC(=O)NC2=O)cc1. The average Bonchev–Trinajstić information content (AvgIpc) is 2.77. The Kier molecular flexibility index (Phi) is 4.72. The van der Waals surface area contributed by atoms with Crippen LogP contribution in [0.5, 0.6) is 0 Å². The lowest BCUT2D eigenvalue weighted by molar-refractivity contribution is -0.124. The molecule has 0 radical (unpaired) electrons. The number of imide groups is 1. The molecular formula is C14H15N3O5. The van der Waals surface area contributed by atoms with Crippen LogP contribution in [0.1, 0.15) is 23.7 Å². The molecule has 1 aliphatic heterocycles. The second-order valence-corrected chi connectivity index (χ2v) is 4.57. The summed E-state index contributed by atoms with van der Waals surface area (Å²) in [5, 5.41) is 6.96. The van der Waals surface area contributed by atoms with Crippen LogP contribution in [0.4, 0.5) is 10.5 Å².